The molecule has 0 radical (unpaired) electrons. The molecular weight excluding hydrogens is 194 g/mol. The smallest absolute Gasteiger partial charge is 0.265 e. The molecule has 15 heavy (non-hydrogen) atoms. The van der Waals surface area contributed by atoms with Crippen molar-refractivity contribution in [3.8, 4) is 5.75 Å². The van der Waals surface area contributed by atoms with Crippen molar-refractivity contribution in [2.45, 2.75) is 26.7 Å². The average Bonchev–Trinajstić information content (AvgIpc) is 2.15. The van der Waals surface area contributed by atoms with E-state index in [2.05, 4.69) is 0 Å². The van der Waals surface area contributed by atoms with Gasteiger partial charge in [0.05, 0.1) is 0 Å². The van der Waals surface area contributed by atoms with Crippen LogP contribution in [-0.2, 0) is 7.05 Å². The number of carbonyl (C=O) groups excluding carboxylic acids is 1. The number of hydrogen-bond acceptors (Lipinski definition) is 3. The van der Waals surface area contributed by atoms with Crippen molar-refractivity contribution in [1.82, 2.24) is 4.57 Å². The van der Waals surface area contributed by atoms with E-state index in [0.29, 0.717) is 12.1 Å². The summed E-state index contributed by atoms with van der Waals surface area (Å²) < 4.78 is 1.36. The van der Waals surface area contributed by atoms with E-state index >= 15 is 0 Å². The first-order valence-corrected chi connectivity index (χ1v) is 4.91. The van der Waals surface area contributed by atoms with E-state index < -0.39 is 5.56 Å². The van der Waals surface area contributed by atoms with Crippen molar-refractivity contribution in [2.75, 3.05) is 0 Å². The van der Waals surface area contributed by atoms with Crippen LogP contribution in [0.1, 0.15) is 35.8 Å². The van der Waals surface area contributed by atoms with Gasteiger partial charge in [-0.15, -0.1) is 0 Å². The lowest BCUT2D eigenvalue weighted by Gasteiger charge is -2.08. The highest BCUT2D eigenvalue weighted by molar-refractivity contribution is 5.98. The summed E-state index contributed by atoms with van der Waals surface area (Å²) in [6.45, 7) is 3.56. The van der Waals surface area contributed by atoms with Gasteiger partial charge >= 0.3 is 0 Å². The molecule has 0 saturated heterocycles. The van der Waals surface area contributed by atoms with E-state index in [-0.39, 0.29) is 23.5 Å². The fourth-order valence-electron chi connectivity index (χ4n) is 1.42. The van der Waals surface area contributed by atoms with E-state index in [1.165, 1.54) is 10.6 Å². The first-order valence-electron chi connectivity index (χ1n) is 4.91. The predicted molar refractivity (Wildman–Crippen MR) is 57.3 cm³/mol. The number of nitrogens with zero attached hydrogens (tertiary/aromatic N) is 1. The van der Waals surface area contributed by atoms with Crippen LogP contribution in [0.4, 0.5) is 0 Å². The molecule has 1 rings (SSSR count). The Kier molecular flexibility index (Phi) is 3.29. The number of aromatic hydroxyl groups is 1. The molecule has 82 valence electrons. The van der Waals surface area contributed by atoms with Gasteiger partial charge in [-0.1, -0.05) is 6.92 Å². The van der Waals surface area contributed by atoms with E-state index in [4.69, 9.17) is 0 Å². The summed E-state index contributed by atoms with van der Waals surface area (Å²) in [6, 6.07) is 1.43. The summed E-state index contributed by atoms with van der Waals surface area (Å²) >= 11 is 0. The van der Waals surface area contributed by atoms with Crippen molar-refractivity contribution >= 4 is 5.78 Å². The molecule has 4 heteroatoms. The molecule has 1 aromatic rings. The molecule has 0 spiro atoms. The number of aromatic nitrogens is 1. The van der Waals surface area contributed by atoms with Gasteiger partial charge in [0.2, 0.25) is 0 Å². The quantitative estimate of drug-likeness (QED) is 0.765. The van der Waals surface area contributed by atoms with Gasteiger partial charge in [0.25, 0.3) is 5.56 Å². The van der Waals surface area contributed by atoms with Gasteiger partial charge in [-0.3, -0.25) is 9.59 Å². The third-order valence-electron chi connectivity index (χ3n) is 2.41. The van der Waals surface area contributed by atoms with Crippen molar-refractivity contribution in [1.29, 1.82) is 0 Å². The highest BCUT2D eigenvalue weighted by Crippen LogP contribution is 2.16. The molecule has 0 aliphatic rings. The van der Waals surface area contributed by atoms with Gasteiger partial charge < -0.3 is 9.67 Å². The molecule has 0 unspecified atom stereocenters. The summed E-state index contributed by atoms with van der Waals surface area (Å²) in [6.07, 6.45) is 0.946. The fourth-order valence-corrected chi connectivity index (χ4v) is 1.42. The largest absolute Gasteiger partial charge is 0.507 e. The Hall–Kier alpha value is -1.58. The van der Waals surface area contributed by atoms with Crippen LogP contribution in [0.3, 0.4) is 0 Å². The Labute approximate surface area is 88.2 Å². The van der Waals surface area contributed by atoms with Gasteiger partial charge in [-0.25, -0.2) is 0 Å². The number of aryl methyl sites for hydroxylation is 1. The molecule has 0 saturated carbocycles. The first kappa shape index (κ1) is 11.5. The minimum Gasteiger partial charge on any atom is -0.507 e. The monoisotopic (exact) mass is 209 g/mol. The molecule has 0 aromatic carbocycles. The Bertz CT molecular complexity index is 446. The summed E-state index contributed by atoms with van der Waals surface area (Å²) in [5.74, 6) is -0.510. The fraction of sp³-hybridized carbons (Fsp3) is 0.455. The zero-order valence-corrected chi connectivity index (χ0v) is 9.20. The number of pyridine rings is 1. The number of ketones is 1. The van der Waals surface area contributed by atoms with Crippen LogP contribution >= 0.6 is 0 Å². The van der Waals surface area contributed by atoms with Crippen LogP contribution in [0.15, 0.2) is 10.9 Å². The number of carbonyl (C=O) groups is 1. The molecule has 0 atom stereocenters. The molecule has 4 nitrogen and oxygen atoms in total. The van der Waals surface area contributed by atoms with Crippen LogP contribution < -0.4 is 5.56 Å². The SMILES string of the molecule is CCCC(=O)c1c(O)cc(C)n(C)c1=O. The molecule has 1 N–H and O–H groups in total. The molecular formula is C11H15NO3. The van der Waals surface area contributed by atoms with Gasteiger partial charge in [-0.2, -0.15) is 0 Å². The minimum absolute atomic E-state index is 0.0926. The summed E-state index contributed by atoms with van der Waals surface area (Å²) in [5, 5.41) is 9.56. The Morgan fingerprint density at radius 3 is 2.67 bits per heavy atom. The van der Waals surface area contributed by atoms with Crippen LogP contribution in [0.2, 0.25) is 0 Å². The van der Waals surface area contributed by atoms with Crippen LogP contribution in [0.25, 0.3) is 0 Å². The highest BCUT2D eigenvalue weighted by Gasteiger charge is 2.17. The normalized spacial score (nSPS) is 10.3. The summed E-state index contributed by atoms with van der Waals surface area (Å²) in [4.78, 5) is 23.3. The number of hydrogen-bond donors (Lipinski definition) is 1. The summed E-state index contributed by atoms with van der Waals surface area (Å²) in [7, 11) is 1.58. The molecule has 0 aliphatic heterocycles. The lowest BCUT2D eigenvalue weighted by molar-refractivity contribution is 0.0977. The zero-order valence-electron chi connectivity index (χ0n) is 9.20. The van der Waals surface area contributed by atoms with Gasteiger partial charge in [-0.05, 0) is 13.3 Å². The standard InChI is InChI=1S/C11H15NO3/c1-4-5-8(13)10-9(14)6-7(2)12(3)11(10)15/h6,14H,4-5H2,1-3H3. The van der Waals surface area contributed by atoms with Crippen molar-refractivity contribution in [2.24, 2.45) is 7.05 Å². The van der Waals surface area contributed by atoms with Gasteiger partial charge in [0, 0.05) is 25.2 Å². The third-order valence-corrected chi connectivity index (χ3v) is 2.41. The molecule has 1 aromatic heterocycles. The highest BCUT2D eigenvalue weighted by atomic mass is 16.3. The van der Waals surface area contributed by atoms with Crippen molar-refractivity contribution in [3.63, 3.8) is 0 Å². The van der Waals surface area contributed by atoms with E-state index in [9.17, 15) is 14.7 Å². The van der Waals surface area contributed by atoms with Gasteiger partial charge in [0.1, 0.15) is 11.3 Å². The maximum absolute atomic E-state index is 11.7. The molecule has 0 aliphatic carbocycles. The van der Waals surface area contributed by atoms with E-state index in [0.717, 1.165) is 0 Å². The van der Waals surface area contributed by atoms with Crippen molar-refractivity contribution in [3.05, 3.63) is 27.7 Å². The lowest BCUT2D eigenvalue weighted by Crippen LogP contribution is -2.25. The second-order valence-electron chi connectivity index (χ2n) is 3.58. The van der Waals surface area contributed by atoms with Crippen LogP contribution in [-0.4, -0.2) is 15.5 Å². The Balaban J connectivity index is 3.36. The second kappa shape index (κ2) is 4.29. The summed E-state index contributed by atoms with van der Waals surface area (Å²) in [5.41, 5.74) is 0.112. The molecule has 1 heterocycles. The van der Waals surface area contributed by atoms with E-state index in [1.807, 2.05) is 6.92 Å². The van der Waals surface area contributed by atoms with Gasteiger partial charge in [0.15, 0.2) is 5.78 Å². The Morgan fingerprint density at radius 2 is 2.13 bits per heavy atom. The van der Waals surface area contributed by atoms with Crippen LogP contribution in [0.5, 0.6) is 5.75 Å². The third kappa shape index (κ3) is 2.09. The average molecular weight is 209 g/mol. The lowest BCUT2D eigenvalue weighted by atomic mass is 10.1. The topological polar surface area (TPSA) is 59.3 Å². The van der Waals surface area contributed by atoms with Crippen molar-refractivity contribution < 1.29 is 9.90 Å². The predicted octanol–water partition coefficient (Wildman–Crippen LogP) is 1.38. The number of rotatable bonds is 3. The first-order chi connectivity index (χ1) is 6.99. The number of Topliss-reactive ketones (excluding diaryl/α,β-unsaturated/α-hetero) is 1. The minimum atomic E-state index is -0.425. The second-order valence-corrected chi connectivity index (χ2v) is 3.58. The zero-order chi connectivity index (χ0) is 11.6. The maximum atomic E-state index is 11.7. The Morgan fingerprint density at radius 1 is 1.53 bits per heavy atom. The van der Waals surface area contributed by atoms with Crippen LogP contribution in [0, 0.1) is 6.92 Å². The molecule has 0 amide bonds. The molecule has 0 bridgehead atoms. The molecule has 0 fully saturated rings. The maximum Gasteiger partial charge on any atom is 0.265 e. The van der Waals surface area contributed by atoms with E-state index in [1.54, 1.807) is 14.0 Å².